The number of rotatable bonds is 11. The summed E-state index contributed by atoms with van der Waals surface area (Å²) in [5, 5.41) is 0. The van der Waals surface area contributed by atoms with Crippen LogP contribution in [-0.4, -0.2) is 50.0 Å². The van der Waals surface area contributed by atoms with E-state index in [1.807, 2.05) is 42.5 Å². The average Bonchev–Trinajstić information content (AvgIpc) is 2.82. The van der Waals surface area contributed by atoms with E-state index in [1.165, 1.54) is 17.7 Å². The van der Waals surface area contributed by atoms with Crippen LogP contribution in [-0.2, 0) is 24.4 Å². The Morgan fingerprint density at radius 2 is 1.62 bits per heavy atom. The summed E-state index contributed by atoms with van der Waals surface area (Å²) >= 11 is 0. The van der Waals surface area contributed by atoms with Gasteiger partial charge in [0.05, 0.1) is 13.7 Å². The minimum atomic E-state index is -0.286. The highest BCUT2D eigenvalue weighted by Crippen LogP contribution is 2.29. The van der Waals surface area contributed by atoms with Crippen molar-refractivity contribution < 1.29 is 18.7 Å². The van der Waals surface area contributed by atoms with E-state index in [2.05, 4.69) is 17.0 Å². The van der Waals surface area contributed by atoms with Crippen LogP contribution in [0.4, 0.5) is 4.39 Å². The summed E-state index contributed by atoms with van der Waals surface area (Å²) in [6.45, 7) is 2.03. The van der Waals surface area contributed by atoms with Crippen LogP contribution in [0.15, 0.2) is 72.8 Å². The molecule has 0 aliphatic rings. The number of likely N-dealkylation sites (N-methyl/N-ethyl adjacent to an activating group) is 1. The summed E-state index contributed by atoms with van der Waals surface area (Å²) < 4.78 is 24.8. The number of hydrogen-bond acceptors (Lipinski definition) is 4. The maximum atomic E-state index is 13.4. The molecule has 182 valence electrons. The van der Waals surface area contributed by atoms with Crippen LogP contribution in [0.3, 0.4) is 0 Å². The highest BCUT2D eigenvalue weighted by molar-refractivity contribution is 5.85. The molecule has 5 nitrogen and oxygen atoms in total. The first-order valence-corrected chi connectivity index (χ1v) is 10.9. The zero-order valence-corrected chi connectivity index (χ0v) is 20.7. The molecule has 0 fully saturated rings. The Labute approximate surface area is 207 Å². The molecule has 0 saturated heterocycles. The van der Waals surface area contributed by atoms with Crippen molar-refractivity contribution in [1.29, 1.82) is 0 Å². The van der Waals surface area contributed by atoms with Crippen LogP contribution in [0.1, 0.15) is 16.7 Å². The Morgan fingerprint density at radius 1 is 0.882 bits per heavy atom. The van der Waals surface area contributed by atoms with Crippen molar-refractivity contribution in [2.75, 3.05) is 34.3 Å². The quantitative estimate of drug-likeness (QED) is 0.384. The normalized spacial score (nSPS) is 10.5. The molecule has 1 amide bonds. The van der Waals surface area contributed by atoms with E-state index >= 15 is 0 Å². The standard InChI is InChI=1S/C27H31FN2O3.ClH/c1-29(2)27(31)19-30(18-22-8-5-4-6-9-22)15-14-21-12-13-25(26(17-21)32-3)33-20-23-10-7-11-24(28)16-23;/h4-13,16-17H,14-15,18-20H2,1-3H3;1H. The summed E-state index contributed by atoms with van der Waals surface area (Å²) in [7, 11) is 5.15. The monoisotopic (exact) mass is 486 g/mol. The summed E-state index contributed by atoms with van der Waals surface area (Å²) in [4.78, 5) is 16.1. The molecular formula is C27H32ClFN2O3. The van der Waals surface area contributed by atoms with Gasteiger partial charge in [0.25, 0.3) is 0 Å². The van der Waals surface area contributed by atoms with E-state index in [0.29, 0.717) is 24.6 Å². The van der Waals surface area contributed by atoms with Gasteiger partial charge in [0.2, 0.25) is 5.91 Å². The summed E-state index contributed by atoms with van der Waals surface area (Å²) in [5.41, 5.74) is 3.01. The molecule has 0 aromatic heterocycles. The molecule has 0 bridgehead atoms. The van der Waals surface area contributed by atoms with Crippen LogP contribution >= 0.6 is 12.4 Å². The molecular weight excluding hydrogens is 455 g/mol. The summed E-state index contributed by atoms with van der Waals surface area (Å²) in [6, 6.07) is 22.3. The first-order valence-electron chi connectivity index (χ1n) is 10.9. The van der Waals surface area contributed by atoms with E-state index in [9.17, 15) is 9.18 Å². The molecule has 3 rings (SSSR count). The third-order valence-corrected chi connectivity index (χ3v) is 5.33. The number of ether oxygens (including phenoxy) is 2. The molecule has 3 aromatic rings. The fraction of sp³-hybridized carbons (Fsp3) is 0.296. The Kier molecular flexibility index (Phi) is 10.8. The van der Waals surface area contributed by atoms with Gasteiger partial charge in [0, 0.05) is 27.2 Å². The van der Waals surface area contributed by atoms with Gasteiger partial charge in [-0.05, 0) is 47.4 Å². The van der Waals surface area contributed by atoms with Crippen molar-refractivity contribution in [1.82, 2.24) is 9.80 Å². The fourth-order valence-corrected chi connectivity index (χ4v) is 3.45. The minimum absolute atomic E-state index is 0. The number of benzene rings is 3. The molecule has 0 aliphatic heterocycles. The van der Waals surface area contributed by atoms with Gasteiger partial charge in [0.1, 0.15) is 12.4 Å². The fourth-order valence-electron chi connectivity index (χ4n) is 3.45. The Balaban J connectivity index is 0.00000408. The number of carbonyl (C=O) groups is 1. The van der Waals surface area contributed by atoms with Crippen LogP contribution in [0.2, 0.25) is 0 Å². The van der Waals surface area contributed by atoms with E-state index in [1.54, 1.807) is 32.2 Å². The molecule has 0 radical (unpaired) electrons. The van der Waals surface area contributed by atoms with Gasteiger partial charge in [-0.2, -0.15) is 0 Å². The highest BCUT2D eigenvalue weighted by atomic mass is 35.5. The Hall–Kier alpha value is -3.09. The summed E-state index contributed by atoms with van der Waals surface area (Å²) in [5.74, 6) is 1.02. The lowest BCUT2D eigenvalue weighted by Crippen LogP contribution is -2.37. The maximum absolute atomic E-state index is 13.4. The molecule has 0 N–H and O–H groups in total. The number of halogens is 2. The van der Waals surface area contributed by atoms with Gasteiger partial charge >= 0.3 is 0 Å². The van der Waals surface area contributed by atoms with Crippen molar-refractivity contribution in [3.05, 3.63) is 95.3 Å². The molecule has 34 heavy (non-hydrogen) atoms. The summed E-state index contributed by atoms with van der Waals surface area (Å²) in [6.07, 6.45) is 0.758. The Morgan fingerprint density at radius 3 is 2.29 bits per heavy atom. The smallest absolute Gasteiger partial charge is 0.236 e. The third kappa shape index (κ3) is 8.36. The minimum Gasteiger partial charge on any atom is -0.493 e. The second-order valence-corrected chi connectivity index (χ2v) is 8.14. The maximum Gasteiger partial charge on any atom is 0.236 e. The lowest BCUT2D eigenvalue weighted by atomic mass is 10.1. The predicted octanol–water partition coefficient (Wildman–Crippen LogP) is 4.97. The van der Waals surface area contributed by atoms with E-state index in [-0.39, 0.29) is 30.7 Å². The van der Waals surface area contributed by atoms with Crippen molar-refractivity contribution in [3.63, 3.8) is 0 Å². The van der Waals surface area contributed by atoms with Crippen LogP contribution in [0.25, 0.3) is 0 Å². The Bertz CT molecular complexity index is 1050. The second kappa shape index (κ2) is 13.6. The van der Waals surface area contributed by atoms with E-state index in [0.717, 1.165) is 24.1 Å². The number of carbonyl (C=O) groups excluding carboxylic acids is 1. The number of methoxy groups -OCH3 is 1. The second-order valence-electron chi connectivity index (χ2n) is 8.14. The number of nitrogens with zero attached hydrogens (tertiary/aromatic N) is 2. The number of hydrogen-bond donors (Lipinski definition) is 0. The van der Waals surface area contributed by atoms with Crippen molar-refractivity contribution in [2.24, 2.45) is 0 Å². The average molecular weight is 487 g/mol. The molecule has 0 heterocycles. The SMILES string of the molecule is COc1cc(CCN(CC(=O)N(C)C)Cc2ccccc2)ccc1OCc1cccc(F)c1.Cl. The predicted molar refractivity (Wildman–Crippen MR) is 135 cm³/mol. The van der Waals surface area contributed by atoms with Gasteiger partial charge in [0.15, 0.2) is 11.5 Å². The van der Waals surface area contributed by atoms with Gasteiger partial charge in [-0.15, -0.1) is 12.4 Å². The zero-order valence-electron chi connectivity index (χ0n) is 19.9. The molecule has 0 atom stereocenters. The van der Waals surface area contributed by atoms with Gasteiger partial charge in [-0.25, -0.2) is 4.39 Å². The molecule has 0 spiro atoms. The lowest BCUT2D eigenvalue weighted by molar-refractivity contribution is -0.130. The van der Waals surface area contributed by atoms with Crippen LogP contribution < -0.4 is 9.47 Å². The largest absolute Gasteiger partial charge is 0.493 e. The first kappa shape index (κ1) is 27.2. The lowest BCUT2D eigenvalue weighted by Gasteiger charge is -2.24. The van der Waals surface area contributed by atoms with Crippen molar-refractivity contribution >= 4 is 18.3 Å². The van der Waals surface area contributed by atoms with Crippen LogP contribution in [0.5, 0.6) is 11.5 Å². The molecule has 7 heteroatoms. The molecule has 0 aliphatic carbocycles. The van der Waals surface area contributed by atoms with E-state index in [4.69, 9.17) is 9.47 Å². The van der Waals surface area contributed by atoms with Gasteiger partial charge in [-0.1, -0.05) is 48.5 Å². The van der Waals surface area contributed by atoms with Gasteiger partial charge < -0.3 is 14.4 Å². The molecule has 0 unspecified atom stereocenters. The highest BCUT2D eigenvalue weighted by Gasteiger charge is 2.14. The molecule has 0 saturated carbocycles. The van der Waals surface area contributed by atoms with Gasteiger partial charge in [-0.3, -0.25) is 9.69 Å². The first-order chi connectivity index (χ1) is 15.9. The van der Waals surface area contributed by atoms with Crippen molar-refractivity contribution in [2.45, 2.75) is 19.6 Å². The van der Waals surface area contributed by atoms with Crippen LogP contribution in [0, 0.1) is 5.82 Å². The number of amides is 1. The van der Waals surface area contributed by atoms with Crippen molar-refractivity contribution in [3.8, 4) is 11.5 Å². The molecule has 3 aromatic carbocycles. The van der Waals surface area contributed by atoms with E-state index < -0.39 is 0 Å². The topological polar surface area (TPSA) is 42.0 Å². The zero-order chi connectivity index (χ0) is 23.6. The third-order valence-electron chi connectivity index (χ3n) is 5.33.